The molecule has 0 unspecified atom stereocenters. The van der Waals surface area contributed by atoms with Crippen molar-refractivity contribution in [1.29, 1.82) is 0 Å². The van der Waals surface area contributed by atoms with E-state index in [0.29, 0.717) is 17.3 Å². The highest BCUT2D eigenvalue weighted by atomic mass is 35.5. The molecule has 0 aliphatic heterocycles. The Balaban J connectivity index is 1.95. The van der Waals surface area contributed by atoms with Crippen LogP contribution in [0.25, 0.3) is 22.8 Å². The molecule has 5 nitrogen and oxygen atoms in total. The number of H-pyrrole nitrogens is 1. The van der Waals surface area contributed by atoms with Crippen LogP contribution in [0.1, 0.15) is 0 Å². The van der Waals surface area contributed by atoms with Crippen LogP contribution in [0.4, 0.5) is 5.69 Å². The summed E-state index contributed by atoms with van der Waals surface area (Å²) in [6.45, 7) is 0. The van der Waals surface area contributed by atoms with Crippen molar-refractivity contribution in [3.8, 4) is 22.8 Å². The number of anilines is 1. The fourth-order valence-electron chi connectivity index (χ4n) is 2.08. The van der Waals surface area contributed by atoms with Crippen molar-refractivity contribution in [1.82, 2.24) is 15.2 Å². The standard InChI is InChI=1S/C16H13ClN4O/c17-10-14(22)18-13-9-5-4-8-12(13)16-19-15(20-21-16)11-6-2-1-3-7-11/h1-9H,10H2,(H,18,22)(H,19,20,21). The lowest BCUT2D eigenvalue weighted by atomic mass is 10.1. The first-order valence-corrected chi connectivity index (χ1v) is 7.24. The van der Waals surface area contributed by atoms with Crippen molar-refractivity contribution in [2.45, 2.75) is 0 Å². The number of hydrogen-bond donors (Lipinski definition) is 2. The average molecular weight is 313 g/mol. The minimum atomic E-state index is -0.267. The molecule has 6 heteroatoms. The van der Waals surface area contributed by atoms with E-state index in [1.807, 2.05) is 48.5 Å². The predicted molar refractivity (Wildman–Crippen MR) is 86.6 cm³/mol. The Morgan fingerprint density at radius 2 is 1.82 bits per heavy atom. The maximum atomic E-state index is 11.5. The third-order valence-electron chi connectivity index (χ3n) is 3.10. The SMILES string of the molecule is O=C(CCl)Nc1ccccc1-c1nc(-c2ccccc2)n[nH]1. The lowest BCUT2D eigenvalue weighted by Crippen LogP contribution is -2.13. The third-order valence-corrected chi connectivity index (χ3v) is 3.34. The summed E-state index contributed by atoms with van der Waals surface area (Å²) < 4.78 is 0. The zero-order chi connectivity index (χ0) is 15.4. The molecule has 2 aromatic carbocycles. The molecule has 1 heterocycles. The number of nitrogens with one attached hydrogen (secondary N) is 2. The van der Waals surface area contributed by atoms with Gasteiger partial charge in [-0.3, -0.25) is 9.89 Å². The summed E-state index contributed by atoms with van der Waals surface area (Å²) >= 11 is 5.54. The summed E-state index contributed by atoms with van der Waals surface area (Å²) in [5, 5.41) is 9.88. The summed E-state index contributed by atoms with van der Waals surface area (Å²) in [5.41, 5.74) is 2.33. The molecule has 0 aliphatic carbocycles. The van der Waals surface area contributed by atoms with E-state index < -0.39 is 0 Å². The number of alkyl halides is 1. The maximum Gasteiger partial charge on any atom is 0.239 e. The van der Waals surface area contributed by atoms with Gasteiger partial charge in [0, 0.05) is 11.1 Å². The molecule has 0 saturated heterocycles. The summed E-state index contributed by atoms with van der Waals surface area (Å²) in [7, 11) is 0. The largest absolute Gasteiger partial charge is 0.324 e. The van der Waals surface area contributed by atoms with Crippen molar-refractivity contribution in [2.24, 2.45) is 0 Å². The molecule has 0 fully saturated rings. The second-order valence-electron chi connectivity index (χ2n) is 4.60. The summed E-state index contributed by atoms with van der Waals surface area (Å²) in [4.78, 5) is 16.0. The first-order chi connectivity index (χ1) is 10.8. The first-order valence-electron chi connectivity index (χ1n) is 6.71. The molecule has 1 amide bonds. The van der Waals surface area contributed by atoms with Crippen LogP contribution < -0.4 is 5.32 Å². The van der Waals surface area contributed by atoms with E-state index in [9.17, 15) is 4.79 Å². The zero-order valence-corrected chi connectivity index (χ0v) is 12.3. The summed E-state index contributed by atoms with van der Waals surface area (Å²) in [6, 6.07) is 17.0. The number of carbonyl (C=O) groups is 1. The van der Waals surface area contributed by atoms with Gasteiger partial charge in [-0.2, -0.15) is 5.10 Å². The molecule has 3 aromatic rings. The Morgan fingerprint density at radius 3 is 2.59 bits per heavy atom. The highest BCUT2D eigenvalue weighted by Crippen LogP contribution is 2.26. The summed E-state index contributed by atoms with van der Waals surface area (Å²) in [5.74, 6) is 0.829. The topological polar surface area (TPSA) is 70.7 Å². The second-order valence-corrected chi connectivity index (χ2v) is 4.87. The quantitative estimate of drug-likeness (QED) is 0.726. The average Bonchev–Trinajstić information content (AvgIpc) is 3.06. The monoisotopic (exact) mass is 312 g/mol. The highest BCUT2D eigenvalue weighted by Gasteiger charge is 2.12. The number of nitrogens with zero attached hydrogens (tertiary/aromatic N) is 2. The molecule has 0 atom stereocenters. The van der Waals surface area contributed by atoms with E-state index >= 15 is 0 Å². The smallest absolute Gasteiger partial charge is 0.239 e. The molecule has 0 radical (unpaired) electrons. The molecule has 0 saturated carbocycles. The lowest BCUT2D eigenvalue weighted by molar-refractivity contribution is -0.113. The van der Waals surface area contributed by atoms with Gasteiger partial charge in [0.1, 0.15) is 5.88 Å². The first kappa shape index (κ1) is 14.3. The van der Waals surface area contributed by atoms with Crippen molar-refractivity contribution in [3.63, 3.8) is 0 Å². The molecule has 2 N–H and O–H groups in total. The number of aromatic amines is 1. The fraction of sp³-hybridized carbons (Fsp3) is 0.0625. The van der Waals surface area contributed by atoms with E-state index in [4.69, 9.17) is 11.6 Å². The number of hydrogen-bond acceptors (Lipinski definition) is 3. The Kier molecular flexibility index (Phi) is 4.16. The summed E-state index contributed by atoms with van der Waals surface area (Å²) in [6.07, 6.45) is 0. The lowest BCUT2D eigenvalue weighted by Gasteiger charge is -2.07. The maximum absolute atomic E-state index is 11.5. The van der Waals surface area contributed by atoms with E-state index in [1.165, 1.54) is 0 Å². The number of carbonyl (C=O) groups excluding carboxylic acids is 1. The van der Waals surface area contributed by atoms with Gasteiger partial charge in [0.05, 0.1) is 5.69 Å². The van der Waals surface area contributed by atoms with Crippen molar-refractivity contribution >= 4 is 23.2 Å². The number of para-hydroxylation sites is 1. The van der Waals surface area contributed by atoms with Gasteiger partial charge in [-0.05, 0) is 12.1 Å². The zero-order valence-electron chi connectivity index (χ0n) is 11.6. The van der Waals surface area contributed by atoms with Gasteiger partial charge in [0.15, 0.2) is 11.6 Å². The molecule has 3 rings (SSSR count). The number of aromatic nitrogens is 3. The van der Waals surface area contributed by atoms with E-state index in [2.05, 4.69) is 20.5 Å². The van der Waals surface area contributed by atoms with Crippen molar-refractivity contribution < 1.29 is 4.79 Å². The Labute approximate surface area is 132 Å². The van der Waals surface area contributed by atoms with Crippen LogP contribution in [0.3, 0.4) is 0 Å². The Hall–Kier alpha value is -2.66. The second kappa shape index (κ2) is 6.41. The molecule has 0 spiro atoms. The van der Waals surface area contributed by atoms with Gasteiger partial charge in [0.2, 0.25) is 5.91 Å². The molecular weight excluding hydrogens is 300 g/mol. The van der Waals surface area contributed by atoms with Crippen LogP contribution in [0.15, 0.2) is 54.6 Å². The molecule has 0 aliphatic rings. The van der Waals surface area contributed by atoms with Crippen LogP contribution in [-0.4, -0.2) is 27.0 Å². The van der Waals surface area contributed by atoms with Crippen molar-refractivity contribution in [2.75, 3.05) is 11.2 Å². The minimum Gasteiger partial charge on any atom is -0.324 e. The Bertz CT molecular complexity index is 786. The number of amides is 1. The van der Waals surface area contributed by atoms with Crippen LogP contribution in [0.5, 0.6) is 0 Å². The molecule has 22 heavy (non-hydrogen) atoms. The van der Waals surface area contributed by atoms with Gasteiger partial charge >= 0.3 is 0 Å². The van der Waals surface area contributed by atoms with E-state index in [1.54, 1.807) is 6.07 Å². The third kappa shape index (κ3) is 2.99. The molecular formula is C16H13ClN4O. The number of benzene rings is 2. The Morgan fingerprint density at radius 1 is 1.09 bits per heavy atom. The van der Waals surface area contributed by atoms with Gasteiger partial charge in [-0.25, -0.2) is 4.98 Å². The number of rotatable bonds is 4. The molecule has 110 valence electrons. The minimum absolute atomic E-state index is 0.0972. The predicted octanol–water partition coefficient (Wildman–Crippen LogP) is 3.32. The molecule has 1 aromatic heterocycles. The van der Waals surface area contributed by atoms with Crippen LogP contribution in [-0.2, 0) is 4.79 Å². The van der Waals surface area contributed by atoms with Gasteiger partial charge in [-0.15, -0.1) is 11.6 Å². The van der Waals surface area contributed by atoms with E-state index in [-0.39, 0.29) is 11.8 Å². The van der Waals surface area contributed by atoms with Gasteiger partial charge in [-0.1, -0.05) is 42.5 Å². The van der Waals surface area contributed by atoms with Crippen LogP contribution >= 0.6 is 11.6 Å². The molecule has 0 bridgehead atoms. The van der Waals surface area contributed by atoms with Gasteiger partial charge in [0.25, 0.3) is 0 Å². The van der Waals surface area contributed by atoms with E-state index in [0.717, 1.165) is 11.1 Å². The van der Waals surface area contributed by atoms with Gasteiger partial charge < -0.3 is 5.32 Å². The van der Waals surface area contributed by atoms with Crippen LogP contribution in [0.2, 0.25) is 0 Å². The number of halogens is 1. The van der Waals surface area contributed by atoms with Crippen molar-refractivity contribution in [3.05, 3.63) is 54.6 Å². The highest BCUT2D eigenvalue weighted by molar-refractivity contribution is 6.29. The normalized spacial score (nSPS) is 10.4. The van der Waals surface area contributed by atoms with Crippen LogP contribution in [0, 0.1) is 0 Å². The fourth-order valence-corrected chi connectivity index (χ4v) is 2.15.